The molecule has 0 amide bonds. The van der Waals surface area contributed by atoms with Crippen LogP contribution < -0.4 is 0 Å². The van der Waals surface area contributed by atoms with Crippen LogP contribution in [-0.2, 0) is 5.41 Å². The second kappa shape index (κ2) is 5.76. The fourth-order valence-electron chi connectivity index (χ4n) is 6.39. The third kappa shape index (κ3) is 2.45. The summed E-state index contributed by atoms with van der Waals surface area (Å²) in [5.74, 6) is 2.94. The van der Waals surface area contributed by atoms with Crippen LogP contribution in [0.2, 0.25) is 5.02 Å². The van der Waals surface area contributed by atoms with E-state index in [1.165, 1.54) is 38.5 Å². The van der Waals surface area contributed by atoms with Gasteiger partial charge in [0.1, 0.15) is 5.75 Å². The number of phenolic OH excluding ortho intramolecular Hbond substituents is 1. The zero-order chi connectivity index (χ0) is 17.9. The van der Waals surface area contributed by atoms with Crippen molar-refractivity contribution in [3.8, 4) is 22.9 Å². The van der Waals surface area contributed by atoms with Crippen LogP contribution in [-0.4, -0.2) is 5.11 Å². The SMILES string of the molecule is N#Cc1ccc(-c2ccc(O)c(C34CC5CC(CC(C5)C3)C4)c2)c(Cl)c1. The average Bonchev–Trinajstić information content (AvgIpc) is 2.61. The molecule has 4 aliphatic carbocycles. The first kappa shape index (κ1) is 16.2. The van der Waals surface area contributed by atoms with Gasteiger partial charge in [-0.05, 0) is 91.5 Å². The van der Waals surface area contributed by atoms with E-state index >= 15 is 0 Å². The molecular weight excluding hydrogens is 342 g/mol. The number of rotatable bonds is 2. The molecule has 6 rings (SSSR count). The normalized spacial score (nSPS) is 31.8. The molecule has 4 aliphatic rings. The first-order chi connectivity index (χ1) is 12.6. The molecule has 26 heavy (non-hydrogen) atoms. The summed E-state index contributed by atoms with van der Waals surface area (Å²) in [7, 11) is 0. The fourth-order valence-corrected chi connectivity index (χ4v) is 6.68. The predicted octanol–water partition coefficient (Wildman–Crippen LogP) is 6.05. The van der Waals surface area contributed by atoms with Crippen LogP contribution in [0.5, 0.6) is 5.75 Å². The van der Waals surface area contributed by atoms with Crippen molar-refractivity contribution >= 4 is 11.6 Å². The van der Waals surface area contributed by atoms with E-state index in [4.69, 9.17) is 16.9 Å². The fraction of sp³-hybridized carbons (Fsp3) is 0.435. The van der Waals surface area contributed by atoms with E-state index in [0.717, 1.165) is 34.4 Å². The van der Waals surface area contributed by atoms with Gasteiger partial charge in [0.15, 0.2) is 0 Å². The van der Waals surface area contributed by atoms with Gasteiger partial charge >= 0.3 is 0 Å². The van der Waals surface area contributed by atoms with E-state index < -0.39 is 0 Å². The number of halogens is 1. The molecule has 0 aromatic heterocycles. The van der Waals surface area contributed by atoms with Gasteiger partial charge in [0.2, 0.25) is 0 Å². The summed E-state index contributed by atoms with van der Waals surface area (Å²) in [6.07, 6.45) is 7.83. The van der Waals surface area contributed by atoms with Crippen LogP contribution in [0.4, 0.5) is 0 Å². The molecule has 4 saturated carbocycles. The molecule has 4 bridgehead atoms. The van der Waals surface area contributed by atoms with Gasteiger partial charge in [0.25, 0.3) is 0 Å². The molecule has 0 atom stereocenters. The predicted molar refractivity (Wildman–Crippen MR) is 103 cm³/mol. The van der Waals surface area contributed by atoms with Crippen molar-refractivity contribution in [3.63, 3.8) is 0 Å². The Morgan fingerprint density at radius 3 is 2.19 bits per heavy atom. The first-order valence-corrected chi connectivity index (χ1v) is 9.98. The molecule has 1 N–H and O–H groups in total. The molecule has 0 aliphatic heterocycles. The van der Waals surface area contributed by atoms with Crippen LogP contribution in [0.15, 0.2) is 36.4 Å². The first-order valence-electron chi connectivity index (χ1n) is 9.60. The molecule has 2 aromatic rings. The third-order valence-electron chi connectivity index (χ3n) is 7.02. The summed E-state index contributed by atoms with van der Waals surface area (Å²) >= 11 is 6.44. The van der Waals surface area contributed by atoms with E-state index in [9.17, 15) is 5.11 Å². The van der Waals surface area contributed by atoms with Crippen molar-refractivity contribution in [2.45, 2.75) is 43.9 Å². The van der Waals surface area contributed by atoms with Crippen molar-refractivity contribution in [3.05, 3.63) is 52.5 Å². The van der Waals surface area contributed by atoms with E-state index in [1.54, 1.807) is 12.1 Å². The van der Waals surface area contributed by atoms with Gasteiger partial charge in [-0.25, -0.2) is 0 Å². The van der Waals surface area contributed by atoms with Crippen LogP contribution in [0.25, 0.3) is 11.1 Å². The molecule has 132 valence electrons. The lowest BCUT2D eigenvalue weighted by molar-refractivity contribution is -0.00611. The number of nitrogens with zero attached hydrogens (tertiary/aromatic N) is 1. The van der Waals surface area contributed by atoms with Crippen molar-refractivity contribution in [2.75, 3.05) is 0 Å². The highest BCUT2D eigenvalue weighted by atomic mass is 35.5. The molecule has 0 unspecified atom stereocenters. The maximum Gasteiger partial charge on any atom is 0.119 e. The van der Waals surface area contributed by atoms with Crippen molar-refractivity contribution in [1.82, 2.24) is 0 Å². The lowest BCUT2D eigenvalue weighted by Gasteiger charge is -2.57. The van der Waals surface area contributed by atoms with Crippen molar-refractivity contribution in [2.24, 2.45) is 17.8 Å². The number of phenols is 1. The molecule has 0 radical (unpaired) electrons. The smallest absolute Gasteiger partial charge is 0.119 e. The van der Waals surface area contributed by atoms with Crippen LogP contribution in [0.3, 0.4) is 0 Å². The summed E-state index contributed by atoms with van der Waals surface area (Å²) in [5.41, 5.74) is 3.79. The van der Waals surface area contributed by atoms with Crippen LogP contribution in [0.1, 0.15) is 49.7 Å². The Morgan fingerprint density at radius 1 is 0.962 bits per heavy atom. The molecule has 4 fully saturated rings. The van der Waals surface area contributed by atoms with E-state index in [2.05, 4.69) is 12.1 Å². The Kier molecular flexibility index (Phi) is 3.59. The van der Waals surface area contributed by atoms with E-state index in [1.807, 2.05) is 18.2 Å². The number of hydrogen-bond donors (Lipinski definition) is 1. The summed E-state index contributed by atoms with van der Waals surface area (Å²) < 4.78 is 0. The quantitative estimate of drug-likeness (QED) is 0.705. The van der Waals surface area contributed by atoms with Crippen molar-refractivity contribution < 1.29 is 5.11 Å². The average molecular weight is 364 g/mol. The second-order valence-corrected chi connectivity index (χ2v) is 9.14. The molecule has 0 saturated heterocycles. The van der Waals surface area contributed by atoms with Gasteiger partial charge in [0.05, 0.1) is 11.6 Å². The van der Waals surface area contributed by atoms with Gasteiger partial charge in [0, 0.05) is 16.1 Å². The second-order valence-electron chi connectivity index (χ2n) is 8.74. The zero-order valence-electron chi connectivity index (χ0n) is 14.7. The van der Waals surface area contributed by atoms with Gasteiger partial charge in [-0.15, -0.1) is 0 Å². The maximum absolute atomic E-state index is 10.7. The van der Waals surface area contributed by atoms with E-state index in [-0.39, 0.29) is 5.41 Å². The van der Waals surface area contributed by atoms with Crippen molar-refractivity contribution in [1.29, 1.82) is 5.26 Å². The topological polar surface area (TPSA) is 44.0 Å². The molecule has 0 heterocycles. The minimum atomic E-state index is 0.147. The third-order valence-corrected chi connectivity index (χ3v) is 7.33. The Bertz CT molecular complexity index is 891. The Labute approximate surface area is 159 Å². The maximum atomic E-state index is 10.7. The molecule has 3 heteroatoms. The standard InChI is InChI=1S/C23H22ClNO/c24-21-8-14(13-25)1-3-19(21)18-2-4-22(26)20(9-18)23-10-15-5-16(11-23)7-17(6-15)12-23/h1-4,8-9,15-17,26H,5-7,10-12H2. The number of nitriles is 1. The highest BCUT2D eigenvalue weighted by Gasteiger charge is 2.52. The van der Waals surface area contributed by atoms with Gasteiger partial charge < -0.3 is 5.11 Å². The summed E-state index contributed by atoms with van der Waals surface area (Å²) in [6.45, 7) is 0. The molecule has 2 aromatic carbocycles. The van der Waals surface area contributed by atoms with Gasteiger partial charge in [-0.1, -0.05) is 23.7 Å². The summed E-state index contributed by atoms with van der Waals surface area (Å²) in [4.78, 5) is 0. The summed E-state index contributed by atoms with van der Waals surface area (Å²) in [6, 6.07) is 13.5. The Morgan fingerprint density at radius 2 is 1.62 bits per heavy atom. The zero-order valence-corrected chi connectivity index (χ0v) is 15.5. The van der Waals surface area contributed by atoms with E-state index in [0.29, 0.717) is 16.3 Å². The number of benzene rings is 2. The lowest BCUT2D eigenvalue weighted by atomic mass is 9.48. The van der Waals surface area contributed by atoms with Gasteiger partial charge in [-0.2, -0.15) is 5.26 Å². The highest BCUT2D eigenvalue weighted by Crippen LogP contribution is 2.62. The van der Waals surface area contributed by atoms with Crippen LogP contribution >= 0.6 is 11.6 Å². The minimum absolute atomic E-state index is 0.147. The molecule has 0 spiro atoms. The summed E-state index contributed by atoms with van der Waals surface area (Å²) in [5, 5.41) is 20.4. The minimum Gasteiger partial charge on any atom is -0.508 e. The van der Waals surface area contributed by atoms with Gasteiger partial charge in [-0.3, -0.25) is 0 Å². The highest BCUT2D eigenvalue weighted by molar-refractivity contribution is 6.33. The Balaban J connectivity index is 1.59. The van der Waals surface area contributed by atoms with Crippen LogP contribution in [0, 0.1) is 29.1 Å². The Hall–Kier alpha value is -1.98. The molecular formula is C23H22ClNO. The lowest BCUT2D eigenvalue weighted by Crippen LogP contribution is -2.48. The number of aromatic hydroxyl groups is 1. The number of hydrogen-bond acceptors (Lipinski definition) is 2. The largest absolute Gasteiger partial charge is 0.508 e. The monoisotopic (exact) mass is 363 g/mol. The molecule has 2 nitrogen and oxygen atoms in total.